The van der Waals surface area contributed by atoms with Crippen molar-refractivity contribution in [3.05, 3.63) is 62.7 Å². The first-order valence-electron chi connectivity index (χ1n) is 7.30. The van der Waals surface area contributed by atoms with Crippen LogP contribution in [0.3, 0.4) is 0 Å². The fraction of sp³-hybridized carbons (Fsp3) is 0.176. The van der Waals surface area contributed by atoms with E-state index in [1.165, 1.54) is 14.2 Å². The van der Waals surface area contributed by atoms with Crippen molar-refractivity contribution in [1.29, 1.82) is 0 Å². The molecule has 10 heteroatoms. The van der Waals surface area contributed by atoms with Crippen LogP contribution >= 0.6 is 47.4 Å². The predicted octanol–water partition coefficient (Wildman–Crippen LogP) is 3.25. The molecule has 7 nitrogen and oxygen atoms in total. The normalized spacial score (nSPS) is 11.1. The molecule has 0 aliphatic rings. The van der Waals surface area contributed by atoms with E-state index in [9.17, 15) is 0 Å². The summed E-state index contributed by atoms with van der Waals surface area (Å²) in [7, 11) is 2.91. The standard InChI is InChI=1S/C17H19IN4O3.2ClH/c1-23-21-16(19)12-5-3-11(4-6-12)10-25-15-8-7-13(9-14(15)18)17(20)22-24-2;;/h3-9H,10H2,1-2H3,(H2,19,21)(H2,20,22);2*1H. The van der Waals surface area contributed by atoms with Gasteiger partial charge in [-0.1, -0.05) is 34.6 Å². The molecule has 0 aliphatic heterocycles. The molecule has 0 saturated heterocycles. The van der Waals surface area contributed by atoms with Gasteiger partial charge in [0.05, 0.1) is 3.57 Å². The summed E-state index contributed by atoms with van der Waals surface area (Å²) in [4.78, 5) is 9.34. The zero-order valence-corrected chi connectivity index (χ0v) is 18.5. The maximum absolute atomic E-state index is 5.86. The highest BCUT2D eigenvalue weighted by atomic mass is 127. The van der Waals surface area contributed by atoms with Gasteiger partial charge in [0.2, 0.25) is 0 Å². The Bertz CT molecular complexity index is 786. The molecule has 0 atom stereocenters. The minimum absolute atomic E-state index is 0. The first kappa shape index (κ1) is 25.1. The average molecular weight is 527 g/mol. The number of halogens is 3. The van der Waals surface area contributed by atoms with E-state index in [1.54, 1.807) is 0 Å². The summed E-state index contributed by atoms with van der Waals surface area (Å²) in [5, 5.41) is 7.41. The summed E-state index contributed by atoms with van der Waals surface area (Å²) >= 11 is 2.19. The van der Waals surface area contributed by atoms with Crippen molar-refractivity contribution in [2.45, 2.75) is 6.61 Å². The zero-order valence-electron chi connectivity index (χ0n) is 14.7. The Morgan fingerprint density at radius 1 is 0.889 bits per heavy atom. The van der Waals surface area contributed by atoms with E-state index in [1.807, 2.05) is 42.5 Å². The van der Waals surface area contributed by atoms with Crippen LogP contribution in [0.4, 0.5) is 0 Å². The zero-order chi connectivity index (χ0) is 18.2. The highest BCUT2D eigenvalue weighted by Gasteiger charge is 2.07. The SMILES string of the molecule is CO/N=C(\N)c1ccc(COc2ccc(/C(N)=N/OC)cc2I)cc1.Cl.Cl. The number of hydrogen-bond donors (Lipinski definition) is 2. The van der Waals surface area contributed by atoms with Crippen LogP contribution in [0, 0.1) is 3.57 Å². The van der Waals surface area contributed by atoms with Crippen molar-refractivity contribution in [1.82, 2.24) is 0 Å². The molecule has 0 spiro atoms. The molecule has 27 heavy (non-hydrogen) atoms. The lowest BCUT2D eigenvalue weighted by atomic mass is 10.1. The van der Waals surface area contributed by atoms with Crippen molar-refractivity contribution >= 4 is 59.1 Å². The Kier molecular flexibility index (Phi) is 11.6. The van der Waals surface area contributed by atoms with Crippen LogP contribution in [0.2, 0.25) is 0 Å². The van der Waals surface area contributed by atoms with E-state index >= 15 is 0 Å². The number of ether oxygens (including phenoxy) is 1. The third kappa shape index (κ3) is 7.31. The van der Waals surface area contributed by atoms with Crippen LogP contribution in [0.15, 0.2) is 52.8 Å². The van der Waals surface area contributed by atoms with Crippen molar-refractivity contribution in [3.63, 3.8) is 0 Å². The lowest BCUT2D eigenvalue weighted by Gasteiger charge is -2.10. The molecule has 2 rings (SSSR count). The Balaban J connectivity index is 0.00000338. The van der Waals surface area contributed by atoms with Gasteiger partial charge in [-0.2, -0.15) is 0 Å². The molecule has 0 bridgehead atoms. The molecular formula is C17H21Cl2IN4O3. The van der Waals surface area contributed by atoms with Crippen molar-refractivity contribution in [3.8, 4) is 5.75 Å². The Morgan fingerprint density at radius 3 is 1.93 bits per heavy atom. The highest BCUT2D eigenvalue weighted by Crippen LogP contribution is 2.23. The maximum Gasteiger partial charge on any atom is 0.170 e. The fourth-order valence-electron chi connectivity index (χ4n) is 2.01. The fourth-order valence-corrected chi connectivity index (χ4v) is 2.68. The number of nitrogens with two attached hydrogens (primary N) is 2. The van der Waals surface area contributed by atoms with Crippen LogP contribution in [0.25, 0.3) is 0 Å². The summed E-state index contributed by atoms with van der Waals surface area (Å²) < 4.78 is 6.79. The minimum atomic E-state index is 0. The molecule has 148 valence electrons. The second-order valence-electron chi connectivity index (χ2n) is 4.95. The topological polar surface area (TPSA) is 104 Å². The van der Waals surface area contributed by atoms with Crippen LogP contribution < -0.4 is 16.2 Å². The van der Waals surface area contributed by atoms with Gasteiger partial charge in [0.1, 0.15) is 26.6 Å². The third-order valence-corrected chi connectivity index (χ3v) is 4.09. The van der Waals surface area contributed by atoms with Crippen molar-refractivity contribution < 1.29 is 14.4 Å². The van der Waals surface area contributed by atoms with Gasteiger partial charge in [-0.05, 0) is 46.4 Å². The number of nitrogens with zero attached hydrogens (tertiary/aromatic N) is 2. The van der Waals surface area contributed by atoms with Crippen molar-refractivity contribution in [2.24, 2.45) is 21.8 Å². The van der Waals surface area contributed by atoms with Gasteiger partial charge in [0.25, 0.3) is 0 Å². The first-order chi connectivity index (χ1) is 12.0. The minimum Gasteiger partial charge on any atom is -0.488 e. The van der Waals surface area contributed by atoms with Crippen LogP contribution in [-0.4, -0.2) is 25.9 Å². The number of hydrogen-bond acceptors (Lipinski definition) is 5. The molecule has 0 radical (unpaired) electrons. The Labute approximate surface area is 184 Å². The van der Waals surface area contributed by atoms with Gasteiger partial charge < -0.3 is 25.9 Å². The van der Waals surface area contributed by atoms with E-state index in [-0.39, 0.29) is 24.8 Å². The monoisotopic (exact) mass is 526 g/mol. The number of benzene rings is 2. The van der Waals surface area contributed by atoms with Crippen LogP contribution in [-0.2, 0) is 16.3 Å². The molecule has 4 N–H and O–H groups in total. The third-order valence-electron chi connectivity index (χ3n) is 3.25. The molecule has 0 amide bonds. The van der Waals surface area contributed by atoms with E-state index in [0.717, 1.165) is 26.0 Å². The van der Waals surface area contributed by atoms with Gasteiger partial charge in [0.15, 0.2) is 11.7 Å². The summed E-state index contributed by atoms with van der Waals surface area (Å²) in [5.41, 5.74) is 14.1. The van der Waals surface area contributed by atoms with Crippen LogP contribution in [0.5, 0.6) is 5.75 Å². The summed E-state index contributed by atoms with van der Waals surface area (Å²) in [6.45, 7) is 0.429. The molecular weight excluding hydrogens is 506 g/mol. The molecule has 0 fully saturated rings. The van der Waals surface area contributed by atoms with Gasteiger partial charge in [-0.3, -0.25) is 0 Å². The van der Waals surface area contributed by atoms with Crippen LogP contribution in [0.1, 0.15) is 16.7 Å². The predicted molar refractivity (Wildman–Crippen MR) is 120 cm³/mol. The molecule has 0 heterocycles. The lowest BCUT2D eigenvalue weighted by molar-refractivity contribution is 0.213. The van der Waals surface area contributed by atoms with E-state index in [0.29, 0.717) is 18.3 Å². The van der Waals surface area contributed by atoms with E-state index in [4.69, 9.17) is 16.2 Å². The van der Waals surface area contributed by atoms with Gasteiger partial charge in [-0.15, -0.1) is 24.8 Å². The average Bonchev–Trinajstić information content (AvgIpc) is 2.61. The number of oxime groups is 2. The second kappa shape index (κ2) is 12.5. The molecule has 0 saturated carbocycles. The molecule has 2 aromatic rings. The Hall–Kier alpha value is -1.91. The molecule has 0 aliphatic carbocycles. The molecule has 0 unspecified atom stereocenters. The maximum atomic E-state index is 5.86. The van der Waals surface area contributed by atoms with Crippen molar-refractivity contribution in [2.75, 3.05) is 14.2 Å². The number of amidine groups is 2. The molecule has 0 aromatic heterocycles. The quantitative estimate of drug-likeness (QED) is 0.249. The molecule has 2 aromatic carbocycles. The first-order valence-corrected chi connectivity index (χ1v) is 8.38. The largest absolute Gasteiger partial charge is 0.488 e. The highest BCUT2D eigenvalue weighted by molar-refractivity contribution is 14.1. The Morgan fingerprint density at radius 2 is 1.41 bits per heavy atom. The van der Waals surface area contributed by atoms with Gasteiger partial charge >= 0.3 is 0 Å². The number of rotatable bonds is 7. The lowest BCUT2D eigenvalue weighted by Crippen LogP contribution is -2.14. The smallest absolute Gasteiger partial charge is 0.170 e. The van der Waals surface area contributed by atoms with E-state index in [2.05, 4.69) is 42.6 Å². The van der Waals surface area contributed by atoms with E-state index < -0.39 is 0 Å². The second-order valence-corrected chi connectivity index (χ2v) is 6.11. The summed E-state index contributed by atoms with van der Waals surface area (Å²) in [6.07, 6.45) is 0. The van der Waals surface area contributed by atoms with Gasteiger partial charge in [0, 0.05) is 11.1 Å². The summed E-state index contributed by atoms with van der Waals surface area (Å²) in [5.74, 6) is 1.41. The van der Waals surface area contributed by atoms with Gasteiger partial charge in [-0.25, -0.2) is 0 Å². The summed E-state index contributed by atoms with van der Waals surface area (Å²) in [6, 6.07) is 13.2.